The van der Waals surface area contributed by atoms with Gasteiger partial charge in [-0.05, 0) is 42.8 Å². The lowest BCUT2D eigenvalue weighted by molar-refractivity contribution is 0.103. The third-order valence-corrected chi connectivity index (χ3v) is 6.26. The lowest BCUT2D eigenvalue weighted by Crippen LogP contribution is -2.32. The van der Waals surface area contributed by atoms with E-state index in [9.17, 15) is 9.90 Å². The molecule has 1 amide bonds. The molecule has 0 bridgehead atoms. The van der Waals surface area contributed by atoms with E-state index in [1.165, 1.54) is 19.3 Å². The van der Waals surface area contributed by atoms with Gasteiger partial charge in [-0.1, -0.05) is 37.5 Å². The topological polar surface area (TPSA) is 67.2 Å². The van der Waals surface area contributed by atoms with E-state index < -0.39 is 6.10 Å². The second-order valence-electron chi connectivity index (χ2n) is 8.06. The average Bonchev–Trinajstić information content (AvgIpc) is 3.30. The van der Waals surface area contributed by atoms with Gasteiger partial charge in [0.1, 0.15) is 6.10 Å². The molecule has 1 unspecified atom stereocenters. The predicted molar refractivity (Wildman–Crippen MR) is 105 cm³/mol. The van der Waals surface area contributed by atoms with Gasteiger partial charge < -0.3 is 10.4 Å². The molecule has 0 saturated heterocycles. The molecular weight excluding hydrogens is 338 g/mol. The zero-order chi connectivity index (χ0) is 18.6. The Morgan fingerprint density at radius 2 is 2.00 bits per heavy atom. The number of carbonyl (C=O) groups excluding carboxylic acids is 1. The average molecular weight is 361 g/mol. The fourth-order valence-corrected chi connectivity index (χ4v) is 4.65. The van der Waals surface area contributed by atoms with Crippen molar-refractivity contribution in [1.29, 1.82) is 0 Å². The van der Waals surface area contributed by atoms with Gasteiger partial charge in [0.2, 0.25) is 0 Å². The molecule has 138 valence electrons. The van der Waals surface area contributed by atoms with Gasteiger partial charge in [0.05, 0.1) is 11.7 Å². The van der Waals surface area contributed by atoms with E-state index in [1.807, 2.05) is 41.2 Å². The maximum absolute atomic E-state index is 12.1. The molecule has 2 aliphatic rings. The van der Waals surface area contributed by atoms with E-state index in [1.54, 1.807) is 6.20 Å². The Balaban J connectivity index is 1.55. The molecule has 1 aliphatic heterocycles. The van der Waals surface area contributed by atoms with Crippen molar-refractivity contribution in [2.45, 2.75) is 50.7 Å². The van der Waals surface area contributed by atoms with E-state index in [-0.39, 0.29) is 11.4 Å². The Hall–Kier alpha value is -2.66. The summed E-state index contributed by atoms with van der Waals surface area (Å²) in [6.07, 6.45) is 8.98. The molecule has 1 aromatic heterocycles. The number of aliphatic hydroxyl groups is 1. The highest BCUT2D eigenvalue weighted by Gasteiger charge is 2.30. The van der Waals surface area contributed by atoms with Crippen molar-refractivity contribution in [1.82, 2.24) is 9.78 Å². The van der Waals surface area contributed by atoms with Crippen molar-refractivity contribution in [2.75, 3.05) is 5.32 Å². The van der Waals surface area contributed by atoms with E-state index in [0.29, 0.717) is 5.56 Å². The van der Waals surface area contributed by atoms with Crippen LogP contribution in [0, 0.1) is 0 Å². The summed E-state index contributed by atoms with van der Waals surface area (Å²) in [6, 6.07) is 9.44. The van der Waals surface area contributed by atoms with Crippen molar-refractivity contribution in [3.63, 3.8) is 0 Å². The van der Waals surface area contributed by atoms with Crippen LogP contribution in [0.3, 0.4) is 0 Å². The minimum Gasteiger partial charge on any atom is -0.384 e. The summed E-state index contributed by atoms with van der Waals surface area (Å²) in [5.41, 5.74) is 3.11. The van der Waals surface area contributed by atoms with Gasteiger partial charge in [0, 0.05) is 28.4 Å². The quantitative estimate of drug-likeness (QED) is 0.728. The number of nitrogens with one attached hydrogen (secondary N) is 1. The first-order valence-corrected chi connectivity index (χ1v) is 9.67. The Morgan fingerprint density at radius 3 is 2.81 bits per heavy atom. The molecule has 1 fully saturated rings. The van der Waals surface area contributed by atoms with E-state index in [0.717, 1.165) is 40.4 Å². The number of aromatic nitrogens is 2. The highest BCUT2D eigenvalue weighted by Crippen LogP contribution is 2.39. The molecule has 0 radical (unpaired) electrons. The minimum absolute atomic E-state index is 0.0363. The van der Waals surface area contributed by atoms with Crippen molar-refractivity contribution in [3.8, 4) is 0 Å². The maximum Gasteiger partial charge on any atom is 0.256 e. The van der Waals surface area contributed by atoms with Crippen LogP contribution < -0.4 is 5.32 Å². The number of amides is 1. The number of anilines is 1. The van der Waals surface area contributed by atoms with E-state index >= 15 is 0 Å². The largest absolute Gasteiger partial charge is 0.384 e. The zero-order valence-electron chi connectivity index (χ0n) is 15.4. The lowest BCUT2D eigenvalue weighted by atomic mass is 9.83. The fourth-order valence-electron chi connectivity index (χ4n) is 4.65. The Kier molecular flexibility index (Phi) is 3.62. The van der Waals surface area contributed by atoms with E-state index in [2.05, 4.69) is 17.3 Å². The number of hydrogen-bond donors (Lipinski definition) is 2. The molecule has 2 N–H and O–H groups in total. The summed E-state index contributed by atoms with van der Waals surface area (Å²) >= 11 is 0. The number of benzene rings is 2. The molecule has 5 heteroatoms. The van der Waals surface area contributed by atoms with Crippen LogP contribution in [0.4, 0.5) is 5.69 Å². The molecule has 5 nitrogen and oxygen atoms in total. The summed E-state index contributed by atoms with van der Waals surface area (Å²) in [5, 5.41) is 20.4. The van der Waals surface area contributed by atoms with Gasteiger partial charge in [-0.2, -0.15) is 5.10 Å². The first kappa shape index (κ1) is 16.5. The highest BCUT2D eigenvalue weighted by molar-refractivity contribution is 6.24. The molecule has 1 saturated carbocycles. The summed E-state index contributed by atoms with van der Waals surface area (Å²) in [4.78, 5) is 12.1. The number of aliphatic hydroxyl groups excluding tert-OH is 1. The number of nitrogens with zero attached hydrogens (tertiary/aromatic N) is 2. The standard InChI is InChI=1S/C22H23N3O2/c1-22(10-3-2-4-11-22)25-13-14(12-23-25)20(26)16-8-9-18-19-15(16)6-5-7-17(19)21(27)24-18/h5-9,12-13,20,26H,2-4,10-11H2,1H3,(H,24,27). The van der Waals surface area contributed by atoms with Crippen molar-refractivity contribution in [3.05, 3.63) is 59.4 Å². The maximum atomic E-state index is 12.1. The fraction of sp³-hybridized carbons (Fsp3) is 0.364. The zero-order valence-corrected chi connectivity index (χ0v) is 15.4. The molecule has 5 rings (SSSR count). The molecule has 1 atom stereocenters. The summed E-state index contributed by atoms with van der Waals surface area (Å²) < 4.78 is 2.04. The summed E-state index contributed by atoms with van der Waals surface area (Å²) in [7, 11) is 0. The van der Waals surface area contributed by atoms with Crippen LogP contribution in [-0.4, -0.2) is 20.8 Å². The highest BCUT2D eigenvalue weighted by atomic mass is 16.3. The predicted octanol–water partition coefficient (Wildman–Crippen LogP) is 4.36. The van der Waals surface area contributed by atoms with Crippen LogP contribution >= 0.6 is 0 Å². The van der Waals surface area contributed by atoms with Crippen molar-refractivity contribution >= 4 is 22.4 Å². The van der Waals surface area contributed by atoms with Gasteiger partial charge in [-0.3, -0.25) is 9.48 Å². The molecular formula is C22H23N3O2. The Bertz CT molecular complexity index is 1050. The number of rotatable bonds is 3. The normalized spacial score (nSPS) is 19.3. The van der Waals surface area contributed by atoms with Gasteiger partial charge in [-0.15, -0.1) is 0 Å². The van der Waals surface area contributed by atoms with Crippen LogP contribution in [0.15, 0.2) is 42.7 Å². The Labute approximate surface area is 158 Å². The van der Waals surface area contributed by atoms with Crippen LogP contribution in [0.1, 0.15) is 66.6 Å². The van der Waals surface area contributed by atoms with Crippen LogP contribution in [-0.2, 0) is 5.54 Å². The van der Waals surface area contributed by atoms with E-state index in [4.69, 9.17) is 0 Å². The first-order valence-electron chi connectivity index (χ1n) is 9.67. The summed E-state index contributed by atoms with van der Waals surface area (Å²) in [6.45, 7) is 2.26. The van der Waals surface area contributed by atoms with Gasteiger partial charge in [0.15, 0.2) is 0 Å². The molecule has 27 heavy (non-hydrogen) atoms. The lowest BCUT2D eigenvalue weighted by Gasteiger charge is -2.34. The second kappa shape index (κ2) is 5.92. The van der Waals surface area contributed by atoms with Gasteiger partial charge in [0.25, 0.3) is 5.91 Å². The molecule has 0 spiro atoms. The van der Waals surface area contributed by atoms with Gasteiger partial charge >= 0.3 is 0 Å². The Morgan fingerprint density at radius 1 is 1.19 bits per heavy atom. The molecule has 2 aromatic carbocycles. The van der Waals surface area contributed by atoms with Crippen LogP contribution in [0.25, 0.3) is 10.8 Å². The number of carbonyl (C=O) groups is 1. The molecule has 2 heterocycles. The molecule has 1 aliphatic carbocycles. The summed E-state index contributed by atoms with van der Waals surface area (Å²) in [5.74, 6) is -0.0831. The third-order valence-electron chi connectivity index (χ3n) is 6.26. The smallest absolute Gasteiger partial charge is 0.256 e. The first-order chi connectivity index (χ1) is 13.1. The van der Waals surface area contributed by atoms with Crippen molar-refractivity contribution in [2.24, 2.45) is 0 Å². The molecule has 3 aromatic rings. The van der Waals surface area contributed by atoms with Crippen molar-refractivity contribution < 1.29 is 9.90 Å². The van der Waals surface area contributed by atoms with Gasteiger partial charge in [-0.25, -0.2) is 0 Å². The van der Waals surface area contributed by atoms with Crippen LogP contribution in [0.2, 0.25) is 0 Å². The number of hydrogen-bond acceptors (Lipinski definition) is 3. The third kappa shape index (κ3) is 2.49. The monoisotopic (exact) mass is 361 g/mol. The SMILES string of the molecule is CC1(n2cc(C(O)c3ccc4c5c(cccc35)C(=O)N4)cn2)CCCCC1. The van der Waals surface area contributed by atoms with Crippen LogP contribution in [0.5, 0.6) is 0 Å². The second-order valence-corrected chi connectivity index (χ2v) is 8.06. The minimum atomic E-state index is -0.772.